The summed E-state index contributed by atoms with van der Waals surface area (Å²) >= 11 is 5.70. The lowest BCUT2D eigenvalue weighted by atomic mass is 10.2. The average Bonchev–Trinajstić information content (AvgIpc) is 2.85. The zero-order valence-electron chi connectivity index (χ0n) is 11.2. The summed E-state index contributed by atoms with van der Waals surface area (Å²) in [5, 5.41) is 13.6. The van der Waals surface area contributed by atoms with E-state index < -0.39 is 16.6 Å². The van der Waals surface area contributed by atoms with Gasteiger partial charge in [0, 0.05) is 23.9 Å². The van der Waals surface area contributed by atoms with Crippen LogP contribution in [0.4, 0.5) is 11.4 Å². The number of nitrogens with zero attached hydrogens (tertiary/aromatic N) is 2. The van der Waals surface area contributed by atoms with Crippen molar-refractivity contribution in [3.05, 3.63) is 61.8 Å². The number of carbonyl (C=O) groups excluding carboxylic acids is 1. The van der Waals surface area contributed by atoms with Gasteiger partial charge < -0.3 is 9.73 Å². The molecule has 0 atom stereocenters. The summed E-state index contributed by atoms with van der Waals surface area (Å²) in [6.45, 7) is 0. The summed E-state index contributed by atoms with van der Waals surface area (Å²) in [6.07, 6.45) is 1.33. The van der Waals surface area contributed by atoms with Crippen molar-refractivity contribution in [2.24, 2.45) is 0 Å². The molecular formula is C13H7ClN4O5. The first-order valence-corrected chi connectivity index (χ1v) is 6.56. The van der Waals surface area contributed by atoms with Crippen molar-refractivity contribution < 1.29 is 14.1 Å². The molecule has 116 valence electrons. The number of H-pyrrole nitrogens is 1. The van der Waals surface area contributed by atoms with Gasteiger partial charge in [0.05, 0.1) is 10.4 Å². The van der Waals surface area contributed by atoms with Crippen LogP contribution in [0.25, 0.3) is 11.1 Å². The molecule has 3 aromatic rings. The highest BCUT2D eigenvalue weighted by Crippen LogP contribution is 2.29. The van der Waals surface area contributed by atoms with Gasteiger partial charge in [-0.3, -0.25) is 19.9 Å². The van der Waals surface area contributed by atoms with Gasteiger partial charge >= 0.3 is 5.76 Å². The zero-order valence-corrected chi connectivity index (χ0v) is 12.0. The molecule has 0 spiro atoms. The van der Waals surface area contributed by atoms with E-state index in [1.165, 1.54) is 24.4 Å². The molecule has 10 heteroatoms. The van der Waals surface area contributed by atoms with E-state index >= 15 is 0 Å². The molecule has 0 aliphatic carbocycles. The van der Waals surface area contributed by atoms with Gasteiger partial charge in [-0.2, -0.15) is 0 Å². The molecule has 0 radical (unpaired) electrons. The van der Waals surface area contributed by atoms with Gasteiger partial charge in [-0.25, -0.2) is 9.78 Å². The molecule has 1 aromatic carbocycles. The van der Waals surface area contributed by atoms with Gasteiger partial charge in [0.15, 0.2) is 5.58 Å². The van der Waals surface area contributed by atoms with Gasteiger partial charge in [0.2, 0.25) is 0 Å². The van der Waals surface area contributed by atoms with Gasteiger partial charge in [-0.15, -0.1) is 0 Å². The maximum atomic E-state index is 12.2. The Morgan fingerprint density at radius 3 is 2.87 bits per heavy atom. The van der Waals surface area contributed by atoms with Gasteiger partial charge in [-0.1, -0.05) is 11.6 Å². The number of halogens is 1. The van der Waals surface area contributed by atoms with E-state index in [1.54, 1.807) is 0 Å². The standard InChI is InChI=1S/C13H7ClN4O5/c14-11-3-6(1-2-15-11)12(19)16-7-5-10-8(17-13(20)23-10)4-9(7)18(21)22/h1-5H,(H,16,19)(H,17,20). The minimum atomic E-state index is -0.751. The molecular weight excluding hydrogens is 328 g/mol. The number of amides is 1. The van der Waals surface area contributed by atoms with Crippen LogP contribution >= 0.6 is 11.6 Å². The third kappa shape index (κ3) is 2.90. The van der Waals surface area contributed by atoms with E-state index in [-0.39, 0.29) is 33.2 Å². The second kappa shape index (κ2) is 5.54. The summed E-state index contributed by atoms with van der Waals surface area (Å²) in [6, 6.07) is 5.03. The molecule has 0 aliphatic rings. The number of nitro groups is 1. The number of fused-ring (bicyclic) bond motifs is 1. The van der Waals surface area contributed by atoms with Crippen LogP contribution in [-0.4, -0.2) is 20.8 Å². The fraction of sp³-hybridized carbons (Fsp3) is 0. The van der Waals surface area contributed by atoms with Crippen molar-refractivity contribution in [3.63, 3.8) is 0 Å². The molecule has 9 nitrogen and oxygen atoms in total. The third-order valence-electron chi connectivity index (χ3n) is 2.97. The summed E-state index contributed by atoms with van der Waals surface area (Å²) in [4.78, 5) is 39.8. The minimum Gasteiger partial charge on any atom is -0.408 e. The Bertz CT molecular complexity index is 993. The molecule has 2 aromatic heterocycles. The molecule has 3 rings (SSSR count). The van der Waals surface area contributed by atoms with Gasteiger partial charge in [-0.05, 0) is 12.1 Å². The predicted octanol–water partition coefficient (Wildman–Crippen LogP) is 2.33. The van der Waals surface area contributed by atoms with Crippen LogP contribution in [0.1, 0.15) is 10.4 Å². The number of benzene rings is 1. The first-order valence-electron chi connectivity index (χ1n) is 6.18. The Kier molecular flexibility index (Phi) is 3.54. The molecule has 23 heavy (non-hydrogen) atoms. The summed E-state index contributed by atoms with van der Waals surface area (Å²) in [5.74, 6) is -1.37. The number of aromatic amines is 1. The van der Waals surface area contributed by atoms with Crippen molar-refractivity contribution in [3.8, 4) is 0 Å². The molecule has 1 amide bonds. The van der Waals surface area contributed by atoms with E-state index in [9.17, 15) is 19.7 Å². The molecule has 0 saturated heterocycles. The van der Waals surface area contributed by atoms with Gasteiger partial charge in [0.1, 0.15) is 10.8 Å². The lowest BCUT2D eigenvalue weighted by Gasteiger charge is -2.06. The number of anilines is 1. The van der Waals surface area contributed by atoms with Crippen molar-refractivity contribution in [1.82, 2.24) is 9.97 Å². The Labute approximate surface area is 132 Å². The average molecular weight is 335 g/mol. The largest absolute Gasteiger partial charge is 0.417 e. The van der Waals surface area contributed by atoms with E-state index in [1.807, 2.05) is 0 Å². The number of hydrogen-bond donors (Lipinski definition) is 2. The lowest BCUT2D eigenvalue weighted by Crippen LogP contribution is -2.13. The quantitative estimate of drug-likeness (QED) is 0.429. The highest BCUT2D eigenvalue weighted by Gasteiger charge is 2.20. The fourth-order valence-electron chi connectivity index (χ4n) is 1.98. The predicted molar refractivity (Wildman–Crippen MR) is 80.7 cm³/mol. The number of rotatable bonds is 3. The second-order valence-electron chi connectivity index (χ2n) is 4.46. The van der Waals surface area contributed by atoms with Crippen LogP contribution in [0, 0.1) is 10.1 Å². The van der Waals surface area contributed by atoms with Crippen LogP contribution in [-0.2, 0) is 0 Å². The van der Waals surface area contributed by atoms with Crippen LogP contribution in [0.15, 0.2) is 39.7 Å². The monoisotopic (exact) mass is 334 g/mol. The zero-order chi connectivity index (χ0) is 16.6. The van der Waals surface area contributed by atoms with Crippen molar-refractivity contribution in [1.29, 1.82) is 0 Å². The van der Waals surface area contributed by atoms with E-state index in [2.05, 4.69) is 15.3 Å². The number of nitrogens with one attached hydrogen (secondary N) is 2. The number of pyridine rings is 1. The van der Waals surface area contributed by atoms with Gasteiger partial charge in [0.25, 0.3) is 11.6 Å². The maximum absolute atomic E-state index is 12.2. The number of carbonyl (C=O) groups is 1. The first-order chi connectivity index (χ1) is 10.9. The van der Waals surface area contributed by atoms with Crippen LogP contribution in [0.5, 0.6) is 0 Å². The molecule has 0 aliphatic heterocycles. The maximum Gasteiger partial charge on any atom is 0.417 e. The highest BCUT2D eigenvalue weighted by atomic mass is 35.5. The molecule has 2 heterocycles. The van der Waals surface area contributed by atoms with Crippen molar-refractivity contribution in [2.75, 3.05) is 5.32 Å². The molecule has 0 unspecified atom stereocenters. The van der Waals surface area contributed by atoms with E-state index in [4.69, 9.17) is 16.0 Å². The van der Waals surface area contributed by atoms with E-state index in [0.29, 0.717) is 0 Å². The number of oxazole rings is 1. The normalized spacial score (nSPS) is 10.7. The fourth-order valence-corrected chi connectivity index (χ4v) is 2.15. The van der Waals surface area contributed by atoms with Crippen LogP contribution in [0.3, 0.4) is 0 Å². The second-order valence-corrected chi connectivity index (χ2v) is 4.85. The highest BCUT2D eigenvalue weighted by molar-refractivity contribution is 6.29. The SMILES string of the molecule is O=C(Nc1cc2oc(=O)[nH]c2cc1[N+](=O)[O-])c1ccnc(Cl)c1. The van der Waals surface area contributed by atoms with E-state index in [0.717, 1.165) is 6.07 Å². The smallest absolute Gasteiger partial charge is 0.408 e. The van der Waals surface area contributed by atoms with Crippen molar-refractivity contribution >= 4 is 40.0 Å². The summed E-state index contributed by atoms with van der Waals surface area (Å²) in [7, 11) is 0. The van der Waals surface area contributed by atoms with Crippen molar-refractivity contribution in [2.45, 2.75) is 0 Å². The Hall–Kier alpha value is -3.20. The Morgan fingerprint density at radius 1 is 1.39 bits per heavy atom. The van der Waals surface area contributed by atoms with Crippen LogP contribution in [0.2, 0.25) is 5.15 Å². The number of aromatic nitrogens is 2. The third-order valence-corrected chi connectivity index (χ3v) is 3.18. The summed E-state index contributed by atoms with van der Waals surface area (Å²) in [5.41, 5.74) is -0.0727. The molecule has 0 saturated carbocycles. The molecule has 0 fully saturated rings. The lowest BCUT2D eigenvalue weighted by molar-refractivity contribution is -0.383. The minimum absolute atomic E-state index is 0.0867. The van der Waals surface area contributed by atoms with Crippen LogP contribution < -0.4 is 11.1 Å². The Morgan fingerprint density at radius 2 is 2.17 bits per heavy atom. The molecule has 0 bridgehead atoms. The first kappa shape index (κ1) is 14.7. The summed E-state index contributed by atoms with van der Waals surface area (Å²) < 4.78 is 4.83. The topological polar surface area (TPSA) is 131 Å². The molecule has 2 N–H and O–H groups in total. The Balaban J connectivity index is 2.04. The number of nitro benzene ring substituents is 1. The number of hydrogen-bond acceptors (Lipinski definition) is 6.